The number of alkyl halides is 1. The number of hydrogen-bond acceptors (Lipinski definition) is 6. The lowest BCUT2D eigenvalue weighted by Gasteiger charge is -2.40. The molecule has 1 rings (SSSR count). The molecular formula is C8H14INO6. The van der Waals surface area contributed by atoms with Gasteiger partial charge in [0, 0.05) is 0 Å². The highest BCUT2D eigenvalue weighted by Crippen LogP contribution is 2.19. The summed E-state index contributed by atoms with van der Waals surface area (Å²) in [5.74, 6) is -0.370. The van der Waals surface area contributed by atoms with Crippen molar-refractivity contribution in [3.8, 4) is 0 Å². The molecule has 0 bridgehead atoms. The van der Waals surface area contributed by atoms with E-state index in [1.807, 2.05) is 22.6 Å². The zero-order valence-electron chi connectivity index (χ0n) is 8.28. The van der Waals surface area contributed by atoms with Gasteiger partial charge in [0.15, 0.2) is 6.23 Å². The van der Waals surface area contributed by atoms with Crippen LogP contribution in [0, 0.1) is 0 Å². The minimum absolute atomic E-state index is 0.173. The third-order valence-corrected chi connectivity index (χ3v) is 3.01. The molecule has 7 nitrogen and oxygen atoms in total. The van der Waals surface area contributed by atoms with Gasteiger partial charge in [0.1, 0.15) is 24.4 Å². The Kier molecular flexibility index (Phi) is 5.34. The van der Waals surface area contributed by atoms with Crippen LogP contribution in [0.3, 0.4) is 0 Å². The van der Waals surface area contributed by atoms with E-state index in [1.165, 1.54) is 0 Å². The summed E-state index contributed by atoms with van der Waals surface area (Å²) in [5, 5.41) is 39.6. The first kappa shape index (κ1) is 14.1. The minimum Gasteiger partial charge on any atom is -0.394 e. The van der Waals surface area contributed by atoms with Gasteiger partial charge in [0.2, 0.25) is 5.91 Å². The van der Waals surface area contributed by atoms with Crippen molar-refractivity contribution in [3.63, 3.8) is 0 Å². The van der Waals surface area contributed by atoms with Crippen LogP contribution >= 0.6 is 22.6 Å². The van der Waals surface area contributed by atoms with Crippen LogP contribution in [-0.2, 0) is 9.53 Å². The Morgan fingerprint density at radius 2 is 1.88 bits per heavy atom. The molecule has 0 saturated carbocycles. The SMILES string of the molecule is O=C(CI)N[C@@H]1OC(CO)[C@@H](O)[C@H](O)C1O. The lowest BCUT2D eigenvalue weighted by atomic mass is 9.98. The molecule has 1 amide bonds. The third kappa shape index (κ3) is 3.02. The predicted octanol–water partition coefficient (Wildman–Crippen LogP) is -2.66. The van der Waals surface area contributed by atoms with E-state index in [1.54, 1.807) is 0 Å². The van der Waals surface area contributed by atoms with E-state index in [4.69, 9.17) is 9.84 Å². The van der Waals surface area contributed by atoms with Crippen molar-refractivity contribution in [2.45, 2.75) is 30.6 Å². The second-order valence-corrected chi connectivity index (χ2v) is 4.21. The number of rotatable bonds is 3. The largest absolute Gasteiger partial charge is 0.394 e. The number of hydrogen-bond donors (Lipinski definition) is 5. The van der Waals surface area contributed by atoms with Crippen LogP contribution in [0.5, 0.6) is 0 Å². The summed E-state index contributed by atoms with van der Waals surface area (Å²) in [4.78, 5) is 11.1. The normalized spacial score (nSPS) is 39.4. The Labute approximate surface area is 106 Å². The van der Waals surface area contributed by atoms with Crippen molar-refractivity contribution in [1.29, 1.82) is 0 Å². The summed E-state index contributed by atoms with van der Waals surface area (Å²) in [6.45, 7) is -0.512. The van der Waals surface area contributed by atoms with E-state index in [-0.39, 0.29) is 10.3 Å². The molecule has 2 unspecified atom stereocenters. The predicted molar refractivity (Wildman–Crippen MR) is 60.8 cm³/mol. The van der Waals surface area contributed by atoms with Gasteiger partial charge < -0.3 is 30.5 Å². The molecule has 1 saturated heterocycles. The Morgan fingerprint density at radius 3 is 2.38 bits per heavy atom. The van der Waals surface area contributed by atoms with Gasteiger partial charge in [-0.1, -0.05) is 22.6 Å². The quantitative estimate of drug-likeness (QED) is 0.281. The molecule has 16 heavy (non-hydrogen) atoms. The highest BCUT2D eigenvalue weighted by Gasteiger charge is 2.43. The van der Waals surface area contributed by atoms with E-state index in [0.717, 1.165) is 0 Å². The van der Waals surface area contributed by atoms with Gasteiger partial charge in [-0.3, -0.25) is 4.79 Å². The molecule has 0 aromatic heterocycles. The van der Waals surface area contributed by atoms with Crippen LogP contribution in [0.1, 0.15) is 0 Å². The Morgan fingerprint density at radius 1 is 1.25 bits per heavy atom. The number of aliphatic hydroxyl groups excluding tert-OH is 4. The molecular weight excluding hydrogens is 333 g/mol. The zero-order valence-corrected chi connectivity index (χ0v) is 10.4. The fourth-order valence-corrected chi connectivity index (χ4v) is 1.64. The van der Waals surface area contributed by atoms with Gasteiger partial charge in [-0.2, -0.15) is 0 Å². The summed E-state index contributed by atoms with van der Waals surface area (Å²) in [5.41, 5.74) is 0. The van der Waals surface area contributed by atoms with Gasteiger partial charge in [0.25, 0.3) is 0 Å². The average molecular weight is 347 g/mol. The molecule has 1 fully saturated rings. The van der Waals surface area contributed by atoms with Gasteiger partial charge in [-0.25, -0.2) is 0 Å². The smallest absolute Gasteiger partial charge is 0.231 e. The second kappa shape index (κ2) is 6.07. The van der Waals surface area contributed by atoms with Crippen molar-refractivity contribution >= 4 is 28.5 Å². The maximum absolute atomic E-state index is 11.1. The number of amides is 1. The number of carbonyl (C=O) groups excluding carboxylic acids is 1. The highest BCUT2D eigenvalue weighted by atomic mass is 127. The number of nitrogens with one attached hydrogen (secondary N) is 1. The van der Waals surface area contributed by atoms with Crippen LogP contribution in [0.25, 0.3) is 0 Å². The molecule has 1 aliphatic heterocycles. The molecule has 0 aromatic carbocycles. The third-order valence-electron chi connectivity index (χ3n) is 2.32. The molecule has 94 valence electrons. The standard InChI is InChI=1S/C8H14INO6/c9-1-4(12)10-8-7(15)6(14)5(13)3(2-11)16-8/h3,5-8,11,13-15H,1-2H2,(H,10,12)/t3?,5-,6+,7?,8-/m1/s1. The van der Waals surface area contributed by atoms with E-state index in [0.29, 0.717) is 0 Å². The van der Waals surface area contributed by atoms with Crippen molar-refractivity contribution in [2.24, 2.45) is 0 Å². The molecule has 1 aliphatic rings. The van der Waals surface area contributed by atoms with E-state index in [9.17, 15) is 20.1 Å². The van der Waals surface area contributed by atoms with Crippen LogP contribution in [0.15, 0.2) is 0 Å². The molecule has 0 radical (unpaired) electrons. The molecule has 0 aromatic rings. The average Bonchev–Trinajstić information content (AvgIpc) is 2.29. The first-order chi connectivity index (χ1) is 7.51. The summed E-state index contributed by atoms with van der Waals surface area (Å²) >= 11 is 1.83. The maximum Gasteiger partial charge on any atom is 0.231 e. The fraction of sp³-hybridized carbons (Fsp3) is 0.875. The molecule has 0 spiro atoms. The van der Waals surface area contributed by atoms with Crippen LogP contribution < -0.4 is 5.32 Å². The maximum atomic E-state index is 11.1. The fourth-order valence-electron chi connectivity index (χ4n) is 1.42. The highest BCUT2D eigenvalue weighted by molar-refractivity contribution is 14.1. The van der Waals surface area contributed by atoms with Crippen LogP contribution in [-0.4, -0.2) is 68.0 Å². The van der Waals surface area contributed by atoms with Gasteiger partial charge >= 0.3 is 0 Å². The minimum atomic E-state index is -1.47. The number of ether oxygens (including phenoxy) is 1. The lowest BCUT2D eigenvalue weighted by molar-refractivity contribution is -0.235. The zero-order chi connectivity index (χ0) is 12.3. The Hall–Kier alpha value is -0.0000000000000000694. The summed E-state index contributed by atoms with van der Waals surface area (Å²) in [6, 6.07) is 0. The lowest BCUT2D eigenvalue weighted by Crippen LogP contribution is -2.63. The van der Waals surface area contributed by atoms with E-state index < -0.39 is 37.3 Å². The Balaban J connectivity index is 2.67. The summed E-state index contributed by atoms with van der Waals surface area (Å²) in [7, 11) is 0. The number of carbonyl (C=O) groups is 1. The summed E-state index contributed by atoms with van der Waals surface area (Å²) < 4.78 is 5.23. The monoisotopic (exact) mass is 347 g/mol. The molecule has 1 heterocycles. The van der Waals surface area contributed by atoms with Crippen LogP contribution in [0.4, 0.5) is 0 Å². The first-order valence-electron chi connectivity index (χ1n) is 4.67. The van der Waals surface area contributed by atoms with Gasteiger partial charge in [0.05, 0.1) is 11.0 Å². The van der Waals surface area contributed by atoms with Gasteiger partial charge in [-0.15, -0.1) is 0 Å². The van der Waals surface area contributed by atoms with Crippen molar-refractivity contribution in [1.82, 2.24) is 5.32 Å². The topological polar surface area (TPSA) is 119 Å². The molecule has 8 heteroatoms. The van der Waals surface area contributed by atoms with Crippen molar-refractivity contribution in [3.05, 3.63) is 0 Å². The number of aliphatic hydroxyl groups is 4. The van der Waals surface area contributed by atoms with E-state index >= 15 is 0 Å². The Bertz CT molecular complexity index is 251. The molecule has 5 N–H and O–H groups in total. The molecule has 5 atom stereocenters. The molecule has 0 aliphatic carbocycles. The first-order valence-corrected chi connectivity index (χ1v) is 6.19. The van der Waals surface area contributed by atoms with Gasteiger partial charge in [-0.05, 0) is 0 Å². The second-order valence-electron chi connectivity index (χ2n) is 3.45. The summed E-state index contributed by atoms with van der Waals surface area (Å²) in [6.07, 6.45) is -6.43. The van der Waals surface area contributed by atoms with Crippen molar-refractivity contribution in [2.75, 3.05) is 11.0 Å². The number of halogens is 1. The van der Waals surface area contributed by atoms with E-state index in [2.05, 4.69) is 5.32 Å². The van der Waals surface area contributed by atoms with Crippen LogP contribution in [0.2, 0.25) is 0 Å². The van der Waals surface area contributed by atoms with Crippen molar-refractivity contribution < 1.29 is 30.0 Å².